The van der Waals surface area contributed by atoms with Gasteiger partial charge in [0.2, 0.25) is 11.1 Å². The summed E-state index contributed by atoms with van der Waals surface area (Å²) in [5.41, 5.74) is -0.262. The number of halogens is 1. The van der Waals surface area contributed by atoms with Crippen LogP contribution < -0.4 is 4.90 Å². The number of nitrogens with zero attached hydrogens (tertiary/aromatic N) is 5. The number of piperazine rings is 1. The van der Waals surface area contributed by atoms with E-state index in [0.29, 0.717) is 12.8 Å². The van der Waals surface area contributed by atoms with Gasteiger partial charge in [0.15, 0.2) is 0 Å². The first-order valence-corrected chi connectivity index (χ1v) is 13.8. The van der Waals surface area contributed by atoms with E-state index in [1.165, 1.54) is 7.11 Å². The highest BCUT2D eigenvalue weighted by Crippen LogP contribution is 2.44. The molecule has 3 atom stereocenters. The van der Waals surface area contributed by atoms with Gasteiger partial charge in [-0.25, -0.2) is 9.78 Å². The molecule has 0 saturated carbocycles. The molecule has 0 spiro atoms. The van der Waals surface area contributed by atoms with Gasteiger partial charge in [0.25, 0.3) is 0 Å². The first kappa shape index (κ1) is 29.5. The predicted molar refractivity (Wildman–Crippen MR) is 150 cm³/mol. The second-order valence-electron chi connectivity index (χ2n) is 11.6. The summed E-state index contributed by atoms with van der Waals surface area (Å²) in [6, 6.07) is 6.93. The monoisotopic (exact) mass is 573 g/mol. The number of hydrogen-bond acceptors (Lipinski definition) is 9. The van der Waals surface area contributed by atoms with E-state index in [-0.39, 0.29) is 54.1 Å². The molecule has 1 aromatic carbocycles. The van der Waals surface area contributed by atoms with Gasteiger partial charge in [0.1, 0.15) is 11.3 Å². The zero-order valence-electron chi connectivity index (χ0n) is 23.8. The first-order chi connectivity index (χ1) is 18.8. The average Bonchev–Trinajstić information content (AvgIpc) is 2.87. The molecule has 216 valence electrons. The van der Waals surface area contributed by atoms with E-state index < -0.39 is 28.0 Å². The van der Waals surface area contributed by atoms with E-state index in [1.807, 2.05) is 38.1 Å². The van der Waals surface area contributed by atoms with Gasteiger partial charge in [-0.15, -0.1) is 0 Å². The highest BCUT2D eigenvalue weighted by Gasteiger charge is 2.47. The summed E-state index contributed by atoms with van der Waals surface area (Å²) in [5, 5.41) is 12.4. The van der Waals surface area contributed by atoms with Crippen molar-refractivity contribution in [3.63, 3.8) is 0 Å². The fourth-order valence-corrected chi connectivity index (χ4v) is 6.02. The van der Waals surface area contributed by atoms with Crippen molar-refractivity contribution >= 4 is 35.2 Å². The zero-order valence-corrected chi connectivity index (χ0v) is 24.5. The van der Waals surface area contributed by atoms with Crippen molar-refractivity contribution in [1.29, 1.82) is 0 Å². The van der Waals surface area contributed by atoms with Gasteiger partial charge in [-0.05, 0) is 76.6 Å². The topological polar surface area (TPSA) is 128 Å². The molecule has 12 heteroatoms. The smallest absolute Gasteiger partial charge is 0.410 e. The lowest BCUT2D eigenvalue weighted by molar-refractivity contribution is -0.385. The van der Waals surface area contributed by atoms with Crippen molar-refractivity contribution < 1.29 is 24.0 Å². The molecule has 2 heterocycles. The fourth-order valence-electron chi connectivity index (χ4n) is 5.84. The van der Waals surface area contributed by atoms with Gasteiger partial charge < -0.3 is 19.3 Å². The van der Waals surface area contributed by atoms with Crippen LogP contribution in [0.15, 0.2) is 24.3 Å². The maximum atomic E-state index is 13.4. The second kappa shape index (κ2) is 11.2. The van der Waals surface area contributed by atoms with Crippen molar-refractivity contribution in [2.75, 3.05) is 25.1 Å². The summed E-state index contributed by atoms with van der Waals surface area (Å²) < 4.78 is 10.8. The van der Waals surface area contributed by atoms with E-state index >= 15 is 0 Å². The summed E-state index contributed by atoms with van der Waals surface area (Å²) in [5.74, 6) is -0.412. The lowest BCUT2D eigenvalue weighted by Crippen LogP contribution is -2.59. The minimum Gasteiger partial charge on any atom is -0.468 e. The Hall–Kier alpha value is -3.47. The van der Waals surface area contributed by atoms with Crippen molar-refractivity contribution in [2.24, 2.45) is 0 Å². The van der Waals surface area contributed by atoms with Gasteiger partial charge >= 0.3 is 17.7 Å². The van der Waals surface area contributed by atoms with Gasteiger partial charge in [-0.1, -0.05) is 24.3 Å². The Bertz CT molecular complexity index is 1310. The average molecular weight is 574 g/mol. The number of aryl methyl sites for hydroxylation is 1. The number of methoxy groups -OCH3 is 1. The molecule has 40 heavy (non-hydrogen) atoms. The van der Waals surface area contributed by atoms with Crippen molar-refractivity contribution in [3.8, 4) is 0 Å². The molecule has 4 rings (SSSR count). The number of aromatic nitrogens is 2. The largest absolute Gasteiger partial charge is 0.468 e. The Morgan fingerprint density at radius 1 is 1.18 bits per heavy atom. The molecule has 11 nitrogen and oxygen atoms in total. The lowest BCUT2D eigenvalue weighted by Gasteiger charge is -2.44. The highest BCUT2D eigenvalue weighted by molar-refractivity contribution is 6.28. The predicted octanol–water partition coefficient (Wildman–Crippen LogP) is 4.86. The Morgan fingerprint density at radius 3 is 2.52 bits per heavy atom. The number of anilines is 1. The van der Waals surface area contributed by atoms with E-state index in [2.05, 4.69) is 9.97 Å². The summed E-state index contributed by atoms with van der Waals surface area (Å²) in [4.78, 5) is 50.3. The minimum atomic E-state index is -1.16. The molecule has 1 saturated heterocycles. The molecular weight excluding hydrogens is 538 g/mol. The lowest BCUT2D eigenvalue weighted by atomic mass is 9.67. The number of amides is 1. The maximum Gasteiger partial charge on any atom is 0.410 e. The van der Waals surface area contributed by atoms with Gasteiger partial charge in [0.05, 0.1) is 17.4 Å². The molecule has 1 aromatic heterocycles. The molecule has 1 amide bonds. The summed E-state index contributed by atoms with van der Waals surface area (Å²) in [6.07, 6.45) is 1.45. The third-order valence-corrected chi connectivity index (χ3v) is 7.78. The number of esters is 1. The van der Waals surface area contributed by atoms with Crippen LogP contribution in [-0.2, 0) is 32.5 Å². The van der Waals surface area contributed by atoms with Crippen LogP contribution in [0, 0.1) is 10.1 Å². The third-order valence-electron chi connectivity index (χ3n) is 7.61. The molecule has 1 unspecified atom stereocenters. The number of ether oxygens (including phenoxy) is 2. The number of benzene rings is 1. The number of rotatable bonds is 5. The number of carbonyl (C=O) groups is 2. The van der Waals surface area contributed by atoms with E-state index in [9.17, 15) is 19.7 Å². The molecular formula is C28H36ClN5O6. The molecule has 1 aliphatic carbocycles. The van der Waals surface area contributed by atoms with E-state index in [1.54, 1.807) is 30.6 Å². The highest BCUT2D eigenvalue weighted by atomic mass is 35.5. The van der Waals surface area contributed by atoms with E-state index in [0.717, 1.165) is 17.5 Å². The Labute approximate surface area is 239 Å². The quantitative estimate of drug-likeness (QED) is 0.213. The van der Waals surface area contributed by atoms with Crippen LogP contribution in [0.2, 0.25) is 5.28 Å². The molecule has 0 N–H and O–H groups in total. The standard InChI is InChI=1S/C28H36ClN5O6/c1-17-16-33(26(36)40-27(3,4)5)18(2)15-32(17)23-22(34(37)38)21(30-25(29)31-23)14-28(24(35)39-6)13-9-11-19-10-7-8-12-20(19)28/h7-8,10,12,17-18H,9,11,13-16H2,1-6H3/t17-,18+,28?/m0/s1. The fraction of sp³-hybridized carbons (Fsp3) is 0.571. The molecule has 2 aromatic rings. The molecule has 2 aliphatic rings. The Kier molecular flexibility index (Phi) is 8.26. The third kappa shape index (κ3) is 5.70. The summed E-state index contributed by atoms with van der Waals surface area (Å²) in [7, 11) is 1.32. The van der Waals surface area contributed by atoms with Crippen LogP contribution in [0.3, 0.4) is 0 Å². The van der Waals surface area contributed by atoms with Gasteiger partial charge in [-0.2, -0.15) is 4.98 Å². The van der Waals surface area contributed by atoms with Crippen LogP contribution in [0.25, 0.3) is 0 Å². The first-order valence-electron chi connectivity index (χ1n) is 13.4. The van der Waals surface area contributed by atoms with Crippen molar-refractivity contribution in [2.45, 2.75) is 83.4 Å². The summed E-state index contributed by atoms with van der Waals surface area (Å²) >= 11 is 6.39. The Balaban J connectivity index is 1.76. The number of carbonyl (C=O) groups excluding carboxylic acids is 2. The SMILES string of the molecule is COC(=O)C1(Cc2nc(Cl)nc(N3C[C@@H](C)N(C(=O)OC(C)(C)C)C[C@@H]3C)c2[N+](=O)[O-])CCCc2ccccc21. The minimum absolute atomic E-state index is 0.0623. The van der Waals surface area contributed by atoms with Crippen LogP contribution in [0.1, 0.15) is 64.3 Å². The van der Waals surface area contributed by atoms with Crippen LogP contribution in [0.4, 0.5) is 16.3 Å². The Morgan fingerprint density at radius 2 is 1.88 bits per heavy atom. The normalized spacial score (nSPS) is 22.9. The van der Waals surface area contributed by atoms with Crippen LogP contribution >= 0.6 is 11.6 Å². The molecule has 0 bridgehead atoms. The number of nitro groups is 1. The van der Waals surface area contributed by atoms with Crippen molar-refractivity contribution in [3.05, 3.63) is 56.5 Å². The van der Waals surface area contributed by atoms with Crippen molar-refractivity contribution in [1.82, 2.24) is 14.9 Å². The number of fused-ring (bicyclic) bond motifs is 1. The van der Waals surface area contributed by atoms with Crippen LogP contribution in [-0.4, -0.2) is 69.7 Å². The van der Waals surface area contributed by atoms with Gasteiger partial charge in [-0.3, -0.25) is 14.9 Å². The maximum absolute atomic E-state index is 13.4. The second-order valence-corrected chi connectivity index (χ2v) is 12.0. The molecule has 1 aliphatic heterocycles. The summed E-state index contributed by atoms with van der Waals surface area (Å²) in [6.45, 7) is 9.64. The molecule has 0 radical (unpaired) electrons. The van der Waals surface area contributed by atoms with Crippen LogP contribution in [0.5, 0.6) is 0 Å². The van der Waals surface area contributed by atoms with E-state index in [4.69, 9.17) is 21.1 Å². The number of hydrogen-bond donors (Lipinski definition) is 0. The zero-order chi connectivity index (χ0) is 29.4. The molecule has 1 fully saturated rings. The van der Waals surface area contributed by atoms with Gasteiger partial charge in [0, 0.05) is 31.6 Å².